The van der Waals surface area contributed by atoms with Crippen molar-refractivity contribution in [3.8, 4) is 0 Å². The fourth-order valence-electron chi connectivity index (χ4n) is 2.13. The van der Waals surface area contributed by atoms with Gasteiger partial charge in [0.2, 0.25) is 0 Å². The van der Waals surface area contributed by atoms with Crippen LogP contribution in [-0.4, -0.2) is 0 Å². The molecule has 4 heteroatoms. The van der Waals surface area contributed by atoms with Gasteiger partial charge >= 0.3 is 102 Å². The molecule has 0 saturated carbocycles. The molecule has 0 saturated heterocycles. The molecule has 0 N–H and O–H groups in total. The third-order valence-electron chi connectivity index (χ3n) is 2.77. The molecule has 0 aromatic heterocycles. The Balaban J connectivity index is 2.26. The van der Waals surface area contributed by atoms with Crippen molar-refractivity contribution in [1.82, 2.24) is 0 Å². The molecule has 0 bridgehead atoms. The molecule has 0 radical (unpaired) electrons. The van der Waals surface area contributed by atoms with Crippen molar-refractivity contribution in [3.63, 3.8) is 0 Å². The van der Waals surface area contributed by atoms with Crippen LogP contribution in [-0.2, 0) is 13.2 Å². The number of halogens is 3. The van der Waals surface area contributed by atoms with E-state index in [1.165, 1.54) is 25.7 Å². The van der Waals surface area contributed by atoms with Crippen molar-refractivity contribution in [2.45, 2.75) is 29.3 Å². The molecular weight excluding hydrogens is 439 g/mol. The predicted molar refractivity (Wildman–Crippen MR) is 65.2 cm³/mol. The summed E-state index contributed by atoms with van der Waals surface area (Å²) in [6.45, 7) is 0. The fraction of sp³-hybridized carbons (Fsp3) is 0.556. The maximum absolute atomic E-state index is 3.83. The molecule has 2 aliphatic carbocycles. The minimum atomic E-state index is -2.26. The minimum absolute atomic E-state index is 0.685. The second kappa shape index (κ2) is 4.35. The second-order valence-corrected chi connectivity index (χ2v) is 48.9. The zero-order chi connectivity index (χ0) is 9.47. The normalized spacial score (nSPS) is 28.1. The molecule has 13 heavy (non-hydrogen) atoms. The molecule has 0 nitrogen and oxygen atoms in total. The summed E-state index contributed by atoms with van der Waals surface area (Å²) < 4.78 is 0.685. The van der Waals surface area contributed by atoms with Crippen LogP contribution in [0.3, 0.4) is 0 Å². The predicted octanol–water partition coefficient (Wildman–Crippen LogP) is 5.30. The fourth-order valence-corrected chi connectivity index (χ4v) is 12.3. The first-order valence-corrected chi connectivity index (χ1v) is 22.8. The zero-order valence-corrected chi connectivity index (χ0v) is 14.4. The molecule has 0 aromatic rings. The van der Waals surface area contributed by atoms with E-state index in [-0.39, 0.29) is 0 Å². The van der Waals surface area contributed by atoms with Crippen LogP contribution < -0.4 is 0 Å². The number of hydrogen-bond acceptors (Lipinski definition) is 0. The van der Waals surface area contributed by atoms with E-state index in [9.17, 15) is 0 Å². The van der Waals surface area contributed by atoms with Gasteiger partial charge in [-0.2, -0.15) is 0 Å². The van der Waals surface area contributed by atoms with Gasteiger partial charge in [-0.25, -0.2) is 0 Å². The Morgan fingerprint density at radius 3 is 2.54 bits per heavy atom. The Hall–Kier alpha value is 1.80. The van der Waals surface area contributed by atoms with Gasteiger partial charge in [-0.3, -0.25) is 0 Å². The average molecular weight is 450 g/mol. The Labute approximate surface area is 101 Å². The summed E-state index contributed by atoms with van der Waals surface area (Å²) >= 11 is 9.22. The van der Waals surface area contributed by atoms with Crippen LogP contribution in [0.5, 0.6) is 0 Å². The molecule has 72 valence electrons. The molecule has 2 rings (SSSR count). The van der Waals surface area contributed by atoms with E-state index in [4.69, 9.17) is 0 Å². The molecular formula is C9H11Br3Zr. The van der Waals surface area contributed by atoms with Crippen molar-refractivity contribution in [2.24, 2.45) is 0 Å². The second-order valence-electron chi connectivity index (χ2n) is 3.64. The van der Waals surface area contributed by atoms with Crippen LogP contribution in [0.15, 0.2) is 23.3 Å². The van der Waals surface area contributed by atoms with Crippen molar-refractivity contribution in [3.05, 3.63) is 23.3 Å². The SMILES string of the molecule is [Br][Zr]([Br])([Br])[CH]1C=CC2=C1CCCC2. The van der Waals surface area contributed by atoms with Crippen molar-refractivity contribution < 1.29 is 13.2 Å². The third-order valence-corrected chi connectivity index (χ3v) is 14.6. The van der Waals surface area contributed by atoms with Gasteiger partial charge in [-0.15, -0.1) is 0 Å². The van der Waals surface area contributed by atoms with Crippen LogP contribution in [0.25, 0.3) is 0 Å². The van der Waals surface area contributed by atoms with E-state index in [0.717, 1.165) is 0 Å². The van der Waals surface area contributed by atoms with Crippen LogP contribution in [0.1, 0.15) is 25.7 Å². The number of allylic oxidation sites excluding steroid dienone is 4. The maximum atomic E-state index is 3.83. The van der Waals surface area contributed by atoms with Gasteiger partial charge in [0.1, 0.15) is 0 Å². The quantitative estimate of drug-likeness (QED) is 0.509. The summed E-state index contributed by atoms with van der Waals surface area (Å²) in [5.41, 5.74) is 3.32. The van der Waals surface area contributed by atoms with E-state index in [0.29, 0.717) is 3.63 Å². The van der Waals surface area contributed by atoms with E-state index < -0.39 is 13.2 Å². The van der Waals surface area contributed by atoms with Gasteiger partial charge in [0.05, 0.1) is 0 Å². The van der Waals surface area contributed by atoms with Crippen molar-refractivity contribution in [2.75, 3.05) is 0 Å². The standard InChI is InChI=1S/C9H11.3BrH.Zr/c1-2-5-9-7-3-6-8(9)4-1;;;;/h3,6-7H,1-2,4-5H2;3*1H;/q;;;;+3/p-3. The summed E-state index contributed by atoms with van der Waals surface area (Å²) in [5.74, 6) is 0. The molecule has 0 heterocycles. The molecule has 0 amide bonds. The van der Waals surface area contributed by atoms with Gasteiger partial charge in [0.25, 0.3) is 0 Å². The van der Waals surface area contributed by atoms with Gasteiger partial charge in [-0.05, 0) is 0 Å². The summed E-state index contributed by atoms with van der Waals surface area (Å²) in [5, 5.41) is 0. The molecule has 1 unspecified atom stereocenters. The average Bonchev–Trinajstić information content (AvgIpc) is 2.45. The van der Waals surface area contributed by atoms with Gasteiger partial charge < -0.3 is 0 Å². The van der Waals surface area contributed by atoms with Crippen molar-refractivity contribution in [1.29, 1.82) is 0 Å². The first-order valence-electron chi connectivity index (χ1n) is 4.56. The first-order chi connectivity index (χ1) is 6.09. The van der Waals surface area contributed by atoms with Crippen LogP contribution >= 0.6 is 36.7 Å². The van der Waals surface area contributed by atoms with Gasteiger partial charge in [-0.1, -0.05) is 0 Å². The molecule has 0 fully saturated rings. The Bertz CT molecular complexity index is 275. The van der Waals surface area contributed by atoms with E-state index in [2.05, 4.69) is 48.8 Å². The van der Waals surface area contributed by atoms with Crippen LogP contribution in [0.2, 0.25) is 3.63 Å². The van der Waals surface area contributed by atoms with Crippen LogP contribution in [0.4, 0.5) is 0 Å². The topological polar surface area (TPSA) is 0 Å². The molecule has 1 atom stereocenters. The van der Waals surface area contributed by atoms with E-state index >= 15 is 0 Å². The summed E-state index contributed by atoms with van der Waals surface area (Å²) in [7, 11) is 0. The Morgan fingerprint density at radius 1 is 1.15 bits per heavy atom. The third kappa shape index (κ3) is 2.49. The Morgan fingerprint density at radius 2 is 1.85 bits per heavy atom. The van der Waals surface area contributed by atoms with Gasteiger partial charge in [0, 0.05) is 0 Å². The Kier molecular flexibility index (Phi) is 3.78. The molecule has 0 aromatic carbocycles. The van der Waals surface area contributed by atoms with Crippen molar-refractivity contribution >= 4 is 36.7 Å². The number of hydrogen-bond donors (Lipinski definition) is 0. The summed E-state index contributed by atoms with van der Waals surface area (Å²) in [6.07, 6.45) is 10.1. The van der Waals surface area contributed by atoms with E-state index in [1.807, 2.05) is 0 Å². The summed E-state index contributed by atoms with van der Waals surface area (Å²) in [4.78, 5) is 0. The molecule has 2 aliphatic rings. The first kappa shape index (κ1) is 11.3. The van der Waals surface area contributed by atoms with E-state index in [1.54, 1.807) is 11.1 Å². The molecule has 0 spiro atoms. The molecule has 0 aliphatic heterocycles. The van der Waals surface area contributed by atoms with Gasteiger partial charge in [0.15, 0.2) is 0 Å². The monoisotopic (exact) mass is 446 g/mol. The summed E-state index contributed by atoms with van der Waals surface area (Å²) in [6, 6.07) is 0. The number of rotatable bonds is 1. The van der Waals surface area contributed by atoms with Crippen LogP contribution in [0, 0.1) is 0 Å². The zero-order valence-electron chi connectivity index (χ0n) is 7.19.